The number of methoxy groups -OCH3 is 1. The number of carbonyl (C=O) groups excluding carboxylic acids is 2. The van der Waals surface area contributed by atoms with Gasteiger partial charge < -0.3 is 21.5 Å². The van der Waals surface area contributed by atoms with Crippen molar-refractivity contribution in [2.45, 2.75) is 5.54 Å². The third-order valence-corrected chi connectivity index (χ3v) is 2.88. The van der Waals surface area contributed by atoms with Crippen molar-refractivity contribution in [3.8, 4) is 0 Å². The number of carbonyl (C=O) groups is 2. The summed E-state index contributed by atoms with van der Waals surface area (Å²) in [7, 11) is 1.30. The molecule has 1 aliphatic rings. The lowest BCUT2D eigenvalue weighted by Gasteiger charge is -2.29. The molecule has 1 heterocycles. The van der Waals surface area contributed by atoms with Gasteiger partial charge in [-0.15, -0.1) is 0 Å². The number of nitrogens with two attached hydrogens (primary N) is 2. The van der Waals surface area contributed by atoms with Crippen molar-refractivity contribution in [2.24, 2.45) is 11.5 Å². The maximum atomic E-state index is 11.6. The predicted molar refractivity (Wildman–Crippen MR) is 79.8 cm³/mol. The minimum absolute atomic E-state index is 0.0312. The topological polar surface area (TPSA) is 107 Å². The Kier molecular flexibility index (Phi) is 6.16. The van der Waals surface area contributed by atoms with E-state index < -0.39 is 11.4 Å². The molecular formula is C15H19N3O3. The number of primary amides is 1. The third-order valence-electron chi connectivity index (χ3n) is 2.88. The standard InChI is InChI=1S/C12H12N2O.C3H7NO2/c13-11(15)12(8-4-5-9-14-12)10-6-2-1-3-7-10;1-6-3(5)2-4/h1-9,14H,(H2,13,15);2,4H2,1H3. The predicted octanol–water partition coefficient (Wildman–Crippen LogP) is 0.158. The van der Waals surface area contributed by atoms with E-state index in [1.165, 1.54) is 7.11 Å². The van der Waals surface area contributed by atoms with Gasteiger partial charge in [0, 0.05) is 0 Å². The van der Waals surface area contributed by atoms with E-state index in [4.69, 9.17) is 11.5 Å². The number of esters is 1. The quantitative estimate of drug-likeness (QED) is 0.687. The molecule has 21 heavy (non-hydrogen) atoms. The second kappa shape index (κ2) is 7.86. The van der Waals surface area contributed by atoms with Crippen LogP contribution in [0.15, 0.2) is 54.8 Å². The maximum absolute atomic E-state index is 11.6. The number of hydrogen-bond donors (Lipinski definition) is 3. The second-order valence-corrected chi connectivity index (χ2v) is 4.18. The lowest BCUT2D eigenvalue weighted by Crippen LogP contribution is -2.49. The summed E-state index contributed by atoms with van der Waals surface area (Å²) >= 11 is 0. The number of amides is 1. The molecule has 0 aliphatic carbocycles. The van der Waals surface area contributed by atoms with E-state index in [2.05, 4.69) is 10.1 Å². The van der Waals surface area contributed by atoms with Crippen LogP contribution in [-0.2, 0) is 19.9 Å². The molecule has 1 atom stereocenters. The Morgan fingerprint density at radius 3 is 2.29 bits per heavy atom. The molecule has 1 aromatic rings. The molecule has 6 heteroatoms. The van der Waals surface area contributed by atoms with Gasteiger partial charge in [-0.1, -0.05) is 36.4 Å². The summed E-state index contributed by atoms with van der Waals surface area (Å²) in [5.41, 5.74) is 10.2. The SMILES string of the molecule is COC(=O)CN.NC(=O)C1(c2ccccc2)C=CC=CN1. The summed E-state index contributed by atoms with van der Waals surface area (Å²) < 4.78 is 4.14. The van der Waals surface area contributed by atoms with Crippen molar-refractivity contribution >= 4 is 11.9 Å². The average molecular weight is 289 g/mol. The molecule has 6 nitrogen and oxygen atoms in total. The Morgan fingerprint density at radius 2 is 1.90 bits per heavy atom. The number of allylic oxidation sites excluding steroid dienone is 2. The molecular weight excluding hydrogens is 270 g/mol. The Hall–Kier alpha value is -2.60. The molecule has 0 saturated heterocycles. The molecule has 0 saturated carbocycles. The summed E-state index contributed by atoms with van der Waals surface area (Å²) in [4.78, 5) is 21.4. The number of hydrogen-bond acceptors (Lipinski definition) is 5. The molecule has 112 valence electrons. The molecule has 0 aromatic heterocycles. The van der Waals surface area contributed by atoms with Gasteiger partial charge >= 0.3 is 5.97 Å². The summed E-state index contributed by atoms with van der Waals surface area (Å²) in [5.74, 6) is -0.788. The molecule has 0 bridgehead atoms. The number of ether oxygens (including phenoxy) is 1. The number of nitrogens with one attached hydrogen (secondary N) is 1. The van der Waals surface area contributed by atoms with Gasteiger partial charge in [-0.25, -0.2) is 0 Å². The Bertz CT molecular complexity index is 534. The van der Waals surface area contributed by atoms with Crippen LogP contribution >= 0.6 is 0 Å². The monoisotopic (exact) mass is 289 g/mol. The van der Waals surface area contributed by atoms with Crippen molar-refractivity contribution in [1.29, 1.82) is 0 Å². The van der Waals surface area contributed by atoms with Gasteiger partial charge in [-0.3, -0.25) is 9.59 Å². The summed E-state index contributed by atoms with van der Waals surface area (Å²) in [6, 6.07) is 9.42. The smallest absolute Gasteiger partial charge is 0.319 e. The van der Waals surface area contributed by atoms with Crippen LogP contribution in [-0.4, -0.2) is 25.5 Å². The van der Waals surface area contributed by atoms with Crippen LogP contribution in [0.4, 0.5) is 0 Å². The first-order valence-electron chi connectivity index (χ1n) is 6.31. The number of rotatable bonds is 3. The lowest BCUT2D eigenvalue weighted by atomic mass is 9.87. The highest BCUT2D eigenvalue weighted by Crippen LogP contribution is 2.24. The molecule has 1 unspecified atom stereocenters. The maximum Gasteiger partial charge on any atom is 0.319 e. The summed E-state index contributed by atoms with van der Waals surface area (Å²) in [6.45, 7) is -0.0312. The fraction of sp³-hybridized carbons (Fsp3) is 0.200. The average Bonchev–Trinajstić information content (AvgIpc) is 2.56. The van der Waals surface area contributed by atoms with Gasteiger partial charge in [-0.2, -0.15) is 0 Å². The Balaban J connectivity index is 0.000000315. The fourth-order valence-electron chi connectivity index (χ4n) is 1.74. The number of dihydropyridines is 1. The van der Waals surface area contributed by atoms with Crippen LogP contribution in [0.2, 0.25) is 0 Å². The zero-order valence-electron chi connectivity index (χ0n) is 11.8. The van der Waals surface area contributed by atoms with E-state index in [1.54, 1.807) is 12.3 Å². The summed E-state index contributed by atoms with van der Waals surface area (Å²) in [5, 5.41) is 3.01. The van der Waals surface area contributed by atoms with Gasteiger partial charge in [0.05, 0.1) is 13.7 Å². The highest BCUT2D eigenvalue weighted by atomic mass is 16.5. The Morgan fingerprint density at radius 1 is 1.24 bits per heavy atom. The molecule has 1 aromatic carbocycles. The summed E-state index contributed by atoms with van der Waals surface area (Å²) in [6.07, 6.45) is 7.13. The van der Waals surface area contributed by atoms with Gasteiger partial charge in [0.2, 0.25) is 0 Å². The minimum atomic E-state index is -0.907. The van der Waals surface area contributed by atoms with E-state index >= 15 is 0 Å². The van der Waals surface area contributed by atoms with Crippen molar-refractivity contribution in [2.75, 3.05) is 13.7 Å². The molecule has 5 N–H and O–H groups in total. The van der Waals surface area contributed by atoms with E-state index in [9.17, 15) is 9.59 Å². The van der Waals surface area contributed by atoms with Crippen LogP contribution in [0, 0.1) is 0 Å². The van der Waals surface area contributed by atoms with Gasteiger partial charge in [0.1, 0.15) is 0 Å². The van der Waals surface area contributed by atoms with Crippen LogP contribution in [0.1, 0.15) is 5.56 Å². The zero-order valence-corrected chi connectivity index (χ0v) is 11.8. The fourth-order valence-corrected chi connectivity index (χ4v) is 1.74. The van der Waals surface area contributed by atoms with Crippen LogP contribution in [0.25, 0.3) is 0 Å². The highest BCUT2D eigenvalue weighted by Gasteiger charge is 2.35. The molecule has 0 spiro atoms. The lowest BCUT2D eigenvalue weighted by molar-refractivity contribution is -0.138. The van der Waals surface area contributed by atoms with E-state index in [-0.39, 0.29) is 12.5 Å². The van der Waals surface area contributed by atoms with Crippen molar-refractivity contribution < 1.29 is 14.3 Å². The van der Waals surface area contributed by atoms with Gasteiger partial charge in [0.25, 0.3) is 5.91 Å². The van der Waals surface area contributed by atoms with E-state index in [0.717, 1.165) is 5.56 Å². The molecule has 1 aliphatic heterocycles. The van der Waals surface area contributed by atoms with Crippen LogP contribution < -0.4 is 16.8 Å². The van der Waals surface area contributed by atoms with E-state index in [0.29, 0.717) is 0 Å². The van der Waals surface area contributed by atoms with Crippen molar-refractivity contribution in [3.05, 3.63) is 60.3 Å². The van der Waals surface area contributed by atoms with E-state index in [1.807, 2.05) is 42.5 Å². The first kappa shape index (κ1) is 16.5. The second-order valence-electron chi connectivity index (χ2n) is 4.18. The van der Waals surface area contributed by atoms with Gasteiger partial charge in [-0.05, 0) is 23.9 Å². The van der Waals surface area contributed by atoms with Crippen LogP contribution in [0.5, 0.6) is 0 Å². The molecule has 0 radical (unpaired) electrons. The molecule has 2 rings (SSSR count). The first-order valence-corrected chi connectivity index (χ1v) is 6.31. The van der Waals surface area contributed by atoms with Gasteiger partial charge in [0.15, 0.2) is 5.54 Å². The zero-order chi connectivity index (χ0) is 15.7. The molecule has 0 fully saturated rings. The van der Waals surface area contributed by atoms with Crippen LogP contribution in [0.3, 0.4) is 0 Å². The largest absolute Gasteiger partial charge is 0.468 e. The minimum Gasteiger partial charge on any atom is -0.468 e. The molecule has 1 amide bonds. The van der Waals surface area contributed by atoms with Crippen molar-refractivity contribution in [1.82, 2.24) is 5.32 Å². The van der Waals surface area contributed by atoms with Crippen molar-refractivity contribution in [3.63, 3.8) is 0 Å². The highest BCUT2D eigenvalue weighted by molar-refractivity contribution is 5.89. The third kappa shape index (κ3) is 4.19. The normalized spacial score (nSPS) is 19.0. The Labute approximate surface area is 123 Å². The first-order chi connectivity index (χ1) is 10.1. The number of benzene rings is 1.